The van der Waals surface area contributed by atoms with E-state index >= 15 is 0 Å². The first-order valence-corrected chi connectivity index (χ1v) is 7.25. The van der Waals surface area contributed by atoms with Crippen LogP contribution in [0.3, 0.4) is 0 Å². The number of hydrogen-bond donors (Lipinski definition) is 1. The molecule has 3 rings (SSSR count). The maximum atomic E-state index is 5.93. The summed E-state index contributed by atoms with van der Waals surface area (Å²) >= 11 is 6.91. The Bertz CT molecular complexity index is 780. The van der Waals surface area contributed by atoms with Crippen LogP contribution >= 0.6 is 31.9 Å². The van der Waals surface area contributed by atoms with E-state index in [9.17, 15) is 0 Å². The number of fused-ring (bicyclic) bond motifs is 1. The Labute approximate surface area is 127 Å². The molecule has 19 heavy (non-hydrogen) atoms. The lowest BCUT2D eigenvalue weighted by Gasteiger charge is -1.99. The molecule has 2 aromatic carbocycles. The highest BCUT2D eigenvalue weighted by atomic mass is 79.9. The number of nitrogens with two attached hydrogens (primary N) is 1. The molecule has 0 aliphatic carbocycles. The van der Waals surface area contributed by atoms with E-state index in [1.807, 2.05) is 37.3 Å². The van der Waals surface area contributed by atoms with Crippen molar-refractivity contribution in [3.05, 3.63) is 44.8 Å². The fraction of sp³-hybridized carbons (Fsp3) is 0.0714. The van der Waals surface area contributed by atoms with Crippen molar-refractivity contribution < 1.29 is 4.42 Å². The van der Waals surface area contributed by atoms with Gasteiger partial charge >= 0.3 is 0 Å². The second-order valence-electron chi connectivity index (χ2n) is 4.33. The number of benzene rings is 2. The van der Waals surface area contributed by atoms with Crippen LogP contribution in [0.4, 0.5) is 5.69 Å². The van der Waals surface area contributed by atoms with Gasteiger partial charge in [-0.05, 0) is 36.8 Å². The van der Waals surface area contributed by atoms with Crippen LogP contribution in [-0.2, 0) is 0 Å². The average molecular weight is 382 g/mol. The lowest BCUT2D eigenvalue weighted by atomic mass is 10.1. The molecule has 0 amide bonds. The minimum atomic E-state index is 0.570. The van der Waals surface area contributed by atoms with Crippen molar-refractivity contribution in [3.8, 4) is 11.5 Å². The third kappa shape index (κ3) is 2.28. The van der Waals surface area contributed by atoms with Crippen LogP contribution in [0.25, 0.3) is 22.6 Å². The van der Waals surface area contributed by atoms with E-state index in [1.165, 1.54) is 5.56 Å². The fourth-order valence-corrected chi connectivity index (χ4v) is 2.71. The molecule has 0 aliphatic rings. The third-order valence-corrected chi connectivity index (χ3v) is 4.21. The van der Waals surface area contributed by atoms with Crippen LogP contribution in [0.15, 0.2) is 43.7 Å². The van der Waals surface area contributed by atoms with Gasteiger partial charge in [-0.25, -0.2) is 4.98 Å². The Morgan fingerprint density at radius 3 is 2.68 bits per heavy atom. The zero-order valence-electron chi connectivity index (χ0n) is 10.1. The number of halogens is 2. The van der Waals surface area contributed by atoms with Crippen molar-refractivity contribution in [2.24, 2.45) is 0 Å². The Hall–Kier alpha value is -1.33. The van der Waals surface area contributed by atoms with Gasteiger partial charge in [0.25, 0.3) is 0 Å². The van der Waals surface area contributed by atoms with Crippen molar-refractivity contribution in [2.75, 3.05) is 5.73 Å². The largest absolute Gasteiger partial charge is 0.434 e. The number of nitrogen functional groups attached to an aromatic ring is 1. The molecule has 2 N–H and O–H groups in total. The summed E-state index contributed by atoms with van der Waals surface area (Å²) in [6, 6.07) is 9.69. The predicted molar refractivity (Wildman–Crippen MR) is 84.0 cm³/mol. The van der Waals surface area contributed by atoms with E-state index in [2.05, 4.69) is 36.8 Å². The van der Waals surface area contributed by atoms with Gasteiger partial charge in [-0.15, -0.1) is 0 Å². The Balaban J connectivity index is 2.20. The molecule has 0 spiro atoms. The quantitative estimate of drug-likeness (QED) is 0.609. The molecule has 96 valence electrons. The van der Waals surface area contributed by atoms with E-state index < -0.39 is 0 Å². The summed E-state index contributed by atoms with van der Waals surface area (Å²) in [6.07, 6.45) is 0. The normalized spacial score (nSPS) is 11.1. The van der Waals surface area contributed by atoms with Crippen LogP contribution in [0.1, 0.15) is 5.56 Å². The van der Waals surface area contributed by atoms with E-state index in [0.717, 1.165) is 20.0 Å². The SMILES string of the molecule is Cc1ccc(-c2nc3cc(Br)cc(N)c3o2)cc1Br. The molecule has 0 saturated heterocycles. The second kappa shape index (κ2) is 4.65. The van der Waals surface area contributed by atoms with Gasteiger partial charge in [0.2, 0.25) is 5.89 Å². The summed E-state index contributed by atoms with van der Waals surface area (Å²) in [5.74, 6) is 0.570. The van der Waals surface area contributed by atoms with Gasteiger partial charge in [-0.1, -0.05) is 37.9 Å². The molecule has 1 heterocycles. The van der Waals surface area contributed by atoms with Gasteiger partial charge < -0.3 is 10.2 Å². The van der Waals surface area contributed by atoms with Crippen molar-refractivity contribution in [2.45, 2.75) is 6.92 Å². The van der Waals surface area contributed by atoms with E-state index in [4.69, 9.17) is 10.2 Å². The van der Waals surface area contributed by atoms with Crippen LogP contribution in [-0.4, -0.2) is 4.98 Å². The number of aromatic nitrogens is 1. The van der Waals surface area contributed by atoms with Crippen LogP contribution in [0, 0.1) is 6.92 Å². The van der Waals surface area contributed by atoms with Gasteiger partial charge in [-0.3, -0.25) is 0 Å². The molecule has 0 atom stereocenters. The molecule has 0 fully saturated rings. The number of aryl methyl sites for hydroxylation is 1. The van der Waals surface area contributed by atoms with Crippen molar-refractivity contribution >= 4 is 48.6 Å². The van der Waals surface area contributed by atoms with Crippen molar-refractivity contribution in [1.82, 2.24) is 4.98 Å². The van der Waals surface area contributed by atoms with E-state index in [-0.39, 0.29) is 0 Å². The highest BCUT2D eigenvalue weighted by molar-refractivity contribution is 9.10. The molecule has 0 saturated carbocycles. The summed E-state index contributed by atoms with van der Waals surface area (Å²) in [5, 5.41) is 0. The number of anilines is 1. The first kappa shape index (κ1) is 12.7. The third-order valence-electron chi connectivity index (χ3n) is 2.90. The number of rotatable bonds is 1. The lowest BCUT2D eigenvalue weighted by molar-refractivity contribution is 0.621. The lowest BCUT2D eigenvalue weighted by Crippen LogP contribution is -1.84. The van der Waals surface area contributed by atoms with Gasteiger partial charge in [0.1, 0.15) is 5.52 Å². The van der Waals surface area contributed by atoms with Crippen LogP contribution in [0.5, 0.6) is 0 Å². The van der Waals surface area contributed by atoms with Gasteiger partial charge in [-0.2, -0.15) is 0 Å². The number of hydrogen-bond acceptors (Lipinski definition) is 3. The summed E-state index contributed by atoms with van der Waals surface area (Å²) in [5.41, 5.74) is 9.97. The monoisotopic (exact) mass is 380 g/mol. The molecule has 0 bridgehead atoms. The van der Waals surface area contributed by atoms with Crippen LogP contribution < -0.4 is 5.73 Å². The average Bonchev–Trinajstić information content (AvgIpc) is 2.76. The maximum Gasteiger partial charge on any atom is 0.227 e. The highest BCUT2D eigenvalue weighted by Crippen LogP contribution is 2.32. The highest BCUT2D eigenvalue weighted by Gasteiger charge is 2.12. The molecule has 3 nitrogen and oxygen atoms in total. The van der Waals surface area contributed by atoms with Gasteiger partial charge in [0.05, 0.1) is 5.69 Å². The molecule has 5 heteroatoms. The fourth-order valence-electron chi connectivity index (χ4n) is 1.87. The summed E-state index contributed by atoms with van der Waals surface area (Å²) in [4.78, 5) is 4.48. The smallest absolute Gasteiger partial charge is 0.227 e. The van der Waals surface area contributed by atoms with Crippen molar-refractivity contribution in [1.29, 1.82) is 0 Å². The summed E-state index contributed by atoms with van der Waals surface area (Å²) in [6.45, 7) is 2.04. The Morgan fingerprint density at radius 1 is 1.16 bits per heavy atom. The predicted octanol–water partition coefficient (Wildman–Crippen LogP) is 4.91. The van der Waals surface area contributed by atoms with Crippen molar-refractivity contribution in [3.63, 3.8) is 0 Å². The minimum Gasteiger partial charge on any atom is -0.434 e. The molecule has 3 aromatic rings. The summed E-state index contributed by atoms with van der Waals surface area (Å²) < 4.78 is 7.68. The van der Waals surface area contributed by atoms with E-state index in [1.54, 1.807) is 0 Å². The number of nitrogens with zero attached hydrogens (tertiary/aromatic N) is 1. The van der Waals surface area contributed by atoms with E-state index in [0.29, 0.717) is 17.2 Å². The molecular weight excluding hydrogens is 372 g/mol. The maximum absolute atomic E-state index is 5.93. The first-order valence-electron chi connectivity index (χ1n) is 5.66. The zero-order valence-corrected chi connectivity index (χ0v) is 13.2. The first-order chi connectivity index (χ1) is 9.04. The Kier molecular flexibility index (Phi) is 3.11. The molecular formula is C14H10Br2N2O. The van der Waals surface area contributed by atoms with Gasteiger partial charge in [0.15, 0.2) is 5.58 Å². The second-order valence-corrected chi connectivity index (χ2v) is 6.10. The van der Waals surface area contributed by atoms with Gasteiger partial charge in [0, 0.05) is 14.5 Å². The molecule has 1 aromatic heterocycles. The molecule has 0 radical (unpaired) electrons. The number of oxazole rings is 1. The summed E-state index contributed by atoms with van der Waals surface area (Å²) in [7, 11) is 0. The molecule has 0 unspecified atom stereocenters. The molecule has 0 aliphatic heterocycles. The Morgan fingerprint density at radius 2 is 1.95 bits per heavy atom. The minimum absolute atomic E-state index is 0.570. The standard InChI is InChI=1S/C14H10Br2N2O/c1-7-2-3-8(4-10(7)16)14-18-12-6-9(15)5-11(17)13(12)19-14/h2-6H,17H2,1H3. The zero-order chi connectivity index (χ0) is 13.6. The topological polar surface area (TPSA) is 52.0 Å². The van der Waals surface area contributed by atoms with Crippen LogP contribution in [0.2, 0.25) is 0 Å².